The zero-order chi connectivity index (χ0) is 12.4. The van der Waals surface area contributed by atoms with Crippen LogP contribution in [0.3, 0.4) is 0 Å². The van der Waals surface area contributed by atoms with E-state index in [-0.39, 0.29) is 0 Å². The number of rotatable bonds is 3. The molecule has 2 nitrogen and oxygen atoms in total. The molecule has 0 aliphatic heterocycles. The van der Waals surface area contributed by atoms with Crippen molar-refractivity contribution in [2.45, 2.75) is 13.3 Å². The molecule has 0 unspecified atom stereocenters. The van der Waals surface area contributed by atoms with Crippen molar-refractivity contribution < 1.29 is 8.78 Å². The first-order chi connectivity index (χ1) is 8.11. The minimum atomic E-state index is -0.585. The van der Waals surface area contributed by atoms with Crippen LogP contribution < -0.4 is 5.73 Å². The van der Waals surface area contributed by atoms with E-state index in [1.165, 1.54) is 23.5 Å². The first-order valence-corrected chi connectivity index (χ1v) is 6.05. The summed E-state index contributed by atoms with van der Waals surface area (Å²) in [5.74, 6) is -1.17. The number of benzene rings is 1. The number of aromatic nitrogens is 1. The lowest BCUT2D eigenvalue weighted by atomic mass is 10.2. The van der Waals surface area contributed by atoms with Crippen molar-refractivity contribution in [1.29, 1.82) is 0 Å². The normalized spacial score (nSPS) is 10.8. The van der Waals surface area contributed by atoms with Crippen LogP contribution in [0.1, 0.15) is 10.6 Å². The van der Waals surface area contributed by atoms with Gasteiger partial charge in [-0.05, 0) is 32.0 Å². The van der Waals surface area contributed by atoms with Gasteiger partial charge < -0.3 is 5.73 Å². The Morgan fingerprint density at radius 2 is 2.12 bits per heavy atom. The number of thiazole rings is 1. The molecule has 5 heteroatoms. The Morgan fingerprint density at radius 1 is 1.35 bits per heavy atom. The Labute approximate surface area is 102 Å². The maximum Gasteiger partial charge on any atom is 0.136 e. The van der Waals surface area contributed by atoms with Gasteiger partial charge in [0.2, 0.25) is 0 Å². The fourth-order valence-electron chi connectivity index (χ4n) is 1.57. The van der Waals surface area contributed by atoms with E-state index in [4.69, 9.17) is 5.73 Å². The Bertz CT molecular complexity index is 537. The smallest absolute Gasteiger partial charge is 0.136 e. The van der Waals surface area contributed by atoms with Crippen molar-refractivity contribution in [3.63, 3.8) is 0 Å². The summed E-state index contributed by atoms with van der Waals surface area (Å²) in [6, 6.07) is 3.52. The lowest BCUT2D eigenvalue weighted by Crippen LogP contribution is -2.01. The summed E-state index contributed by atoms with van der Waals surface area (Å²) >= 11 is 1.40. The van der Waals surface area contributed by atoms with Gasteiger partial charge in [0.25, 0.3) is 0 Å². The monoisotopic (exact) mass is 254 g/mol. The molecule has 17 heavy (non-hydrogen) atoms. The topological polar surface area (TPSA) is 38.9 Å². The third-order valence-corrected chi connectivity index (χ3v) is 3.68. The van der Waals surface area contributed by atoms with Crippen molar-refractivity contribution in [3.05, 3.63) is 40.4 Å². The molecule has 0 atom stereocenters. The molecule has 1 aromatic carbocycles. The molecular formula is C12H12F2N2S. The summed E-state index contributed by atoms with van der Waals surface area (Å²) in [4.78, 5) is 5.34. The number of aryl methyl sites for hydroxylation is 1. The van der Waals surface area contributed by atoms with Gasteiger partial charge in [-0.3, -0.25) is 0 Å². The molecule has 0 spiro atoms. The van der Waals surface area contributed by atoms with Crippen molar-refractivity contribution in [3.8, 4) is 10.6 Å². The number of nitrogens with zero attached hydrogens (tertiary/aromatic N) is 1. The number of hydrogen-bond donors (Lipinski definition) is 1. The van der Waals surface area contributed by atoms with Crippen LogP contribution in [0.15, 0.2) is 18.2 Å². The summed E-state index contributed by atoms with van der Waals surface area (Å²) in [5.41, 5.74) is 6.68. The van der Waals surface area contributed by atoms with Gasteiger partial charge in [-0.2, -0.15) is 0 Å². The third-order valence-electron chi connectivity index (χ3n) is 2.43. The first-order valence-electron chi connectivity index (χ1n) is 5.23. The summed E-state index contributed by atoms with van der Waals surface area (Å²) in [5, 5.41) is 0.573. The van der Waals surface area contributed by atoms with Gasteiger partial charge in [0.1, 0.15) is 16.6 Å². The van der Waals surface area contributed by atoms with Crippen LogP contribution in [0.4, 0.5) is 8.78 Å². The summed E-state index contributed by atoms with van der Waals surface area (Å²) in [6.45, 7) is 2.40. The van der Waals surface area contributed by atoms with E-state index >= 15 is 0 Å². The number of hydrogen-bond acceptors (Lipinski definition) is 3. The summed E-state index contributed by atoms with van der Waals surface area (Å²) in [7, 11) is 0. The Hall–Kier alpha value is -1.33. The van der Waals surface area contributed by atoms with Crippen LogP contribution in [0.5, 0.6) is 0 Å². The first kappa shape index (κ1) is 12.1. The Kier molecular flexibility index (Phi) is 3.49. The molecule has 2 aromatic rings. The van der Waals surface area contributed by atoms with E-state index in [0.717, 1.165) is 23.1 Å². The molecule has 0 aliphatic rings. The summed E-state index contributed by atoms with van der Waals surface area (Å²) < 4.78 is 26.4. The van der Waals surface area contributed by atoms with Gasteiger partial charge in [-0.25, -0.2) is 13.8 Å². The summed E-state index contributed by atoms with van der Waals surface area (Å²) in [6.07, 6.45) is 0.728. The lowest BCUT2D eigenvalue weighted by molar-refractivity contribution is 0.585. The standard InChI is InChI=1S/C12H12F2N2S/c1-7-11(4-5-15)17-12(16-7)9-3-2-8(13)6-10(9)14/h2-3,6H,4-5,15H2,1H3. The average molecular weight is 254 g/mol. The SMILES string of the molecule is Cc1nc(-c2ccc(F)cc2F)sc1CCN. The molecule has 1 aromatic heterocycles. The maximum atomic E-state index is 13.6. The molecule has 0 aliphatic carbocycles. The van der Waals surface area contributed by atoms with Crippen LogP contribution in [-0.4, -0.2) is 11.5 Å². The predicted molar refractivity (Wildman–Crippen MR) is 65.0 cm³/mol. The molecule has 0 fully saturated rings. The average Bonchev–Trinajstić information content (AvgIpc) is 2.60. The van der Waals surface area contributed by atoms with Crippen LogP contribution >= 0.6 is 11.3 Å². The Morgan fingerprint density at radius 3 is 2.76 bits per heavy atom. The van der Waals surface area contributed by atoms with Crippen LogP contribution in [0.2, 0.25) is 0 Å². The molecule has 0 bridgehead atoms. The minimum absolute atomic E-state index is 0.336. The highest BCUT2D eigenvalue weighted by Gasteiger charge is 2.13. The highest BCUT2D eigenvalue weighted by atomic mass is 32.1. The zero-order valence-electron chi connectivity index (χ0n) is 9.34. The van der Waals surface area contributed by atoms with Crippen LogP contribution in [-0.2, 0) is 6.42 Å². The quantitative estimate of drug-likeness (QED) is 0.914. The third kappa shape index (κ3) is 2.50. The highest BCUT2D eigenvalue weighted by molar-refractivity contribution is 7.15. The minimum Gasteiger partial charge on any atom is -0.330 e. The van der Waals surface area contributed by atoms with Crippen molar-refractivity contribution in [1.82, 2.24) is 4.98 Å². The molecule has 0 saturated carbocycles. The van der Waals surface area contributed by atoms with E-state index in [9.17, 15) is 8.78 Å². The van der Waals surface area contributed by atoms with Crippen molar-refractivity contribution in [2.75, 3.05) is 6.54 Å². The second kappa shape index (κ2) is 4.89. The van der Waals surface area contributed by atoms with Crippen LogP contribution in [0, 0.1) is 18.6 Å². The second-order valence-electron chi connectivity index (χ2n) is 3.69. The molecule has 1 heterocycles. The van der Waals surface area contributed by atoms with Gasteiger partial charge in [0, 0.05) is 16.5 Å². The second-order valence-corrected chi connectivity index (χ2v) is 4.77. The molecule has 0 amide bonds. The molecule has 0 saturated heterocycles. The highest BCUT2D eigenvalue weighted by Crippen LogP contribution is 2.30. The van der Waals surface area contributed by atoms with Crippen LogP contribution in [0.25, 0.3) is 10.6 Å². The molecule has 2 rings (SSSR count). The fraction of sp³-hybridized carbons (Fsp3) is 0.250. The van der Waals surface area contributed by atoms with E-state index in [2.05, 4.69) is 4.98 Å². The predicted octanol–water partition coefficient (Wildman–Crippen LogP) is 2.90. The van der Waals surface area contributed by atoms with E-state index in [1.54, 1.807) is 0 Å². The van der Waals surface area contributed by atoms with E-state index in [1.807, 2.05) is 6.92 Å². The van der Waals surface area contributed by atoms with Gasteiger partial charge in [0.05, 0.1) is 5.69 Å². The van der Waals surface area contributed by atoms with Crippen molar-refractivity contribution in [2.24, 2.45) is 5.73 Å². The fourth-order valence-corrected chi connectivity index (χ4v) is 2.67. The number of nitrogens with two attached hydrogens (primary N) is 1. The molecule has 2 N–H and O–H groups in total. The molecule has 0 radical (unpaired) electrons. The molecule has 90 valence electrons. The zero-order valence-corrected chi connectivity index (χ0v) is 10.2. The lowest BCUT2D eigenvalue weighted by Gasteiger charge is -1.98. The number of halogens is 2. The van der Waals surface area contributed by atoms with Gasteiger partial charge in [-0.1, -0.05) is 0 Å². The van der Waals surface area contributed by atoms with Crippen molar-refractivity contribution >= 4 is 11.3 Å². The van der Waals surface area contributed by atoms with Gasteiger partial charge >= 0.3 is 0 Å². The van der Waals surface area contributed by atoms with E-state index in [0.29, 0.717) is 17.1 Å². The van der Waals surface area contributed by atoms with Gasteiger partial charge in [0.15, 0.2) is 0 Å². The largest absolute Gasteiger partial charge is 0.330 e. The Balaban J connectivity index is 2.42. The van der Waals surface area contributed by atoms with E-state index < -0.39 is 11.6 Å². The maximum absolute atomic E-state index is 13.6. The molecular weight excluding hydrogens is 242 g/mol. The van der Waals surface area contributed by atoms with Gasteiger partial charge in [-0.15, -0.1) is 11.3 Å².